The fraction of sp³-hybridized carbons (Fsp3) is 0.923. The summed E-state index contributed by atoms with van der Waals surface area (Å²) in [5.74, 6) is 0.813. The Morgan fingerprint density at radius 1 is 1.50 bits per heavy atom. The van der Waals surface area contributed by atoms with Crippen LogP contribution in [0, 0.1) is 11.3 Å². The number of hydrogen-bond acceptors (Lipinski definition) is 2. The maximum atomic E-state index is 5.66. The number of rotatable bonds is 4. The van der Waals surface area contributed by atoms with Gasteiger partial charge in [-0.25, -0.2) is 0 Å². The van der Waals surface area contributed by atoms with E-state index in [1.807, 2.05) is 0 Å². The van der Waals surface area contributed by atoms with E-state index in [0.717, 1.165) is 18.8 Å². The molecule has 0 saturated carbocycles. The van der Waals surface area contributed by atoms with Gasteiger partial charge in [0.15, 0.2) is 0 Å². The van der Waals surface area contributed by atoms with E-state index in [1.54, 1.807) is 0 Å². The molecule has 0 aromatic heterocycles. The molecule has 0 aromatic rings. The Hall–Kier alpha value is -0.150. The highest BCUT2D eigenvalue weighted by Gasteiger charge is 2.34. The molecule has 1 heterocycles. The molecule has 0 spiro atoms. The molecule has 1 rings (SSSR count). The summed E-state index contributed by atoms with van der Waals surface area (Å²) in [7, 11) is 0. The Balaban J connectivity index is 2.53. The van der Waals surface area contributed by atoms with Gasteiger partial charge in [0.25, 0.3) is 0 Å². The topological polar surface area (TPSA) is 29.3 Å². The molecular formula is C13H26N2S. The summed E-state index contributed by atoms with van der Waals surface area (Å²) in [5, 5.41) is 0. The lowest BCUT2D eigenvalue weighted by Crippen LogP contribution is -2.37. The first-order valence-corrected chi connectivity index (χ1v) is 6.77. The molecule has 0 radical (unpaired) electrons. The van der Waals surface area contributed by atoms with Crippen LogP contribution in [0.1, 0.15) is 47.0 Å². The number of nitrogens with zero attached hydrogens (tertiary/aromatic N) is 1. The van der Waals surface area contributed by atoms with E-state index in [-0.39, 0.29) is 0 Å². The molecule has 2 nitrogen and oxygen atoms in total. The van der Waals surface area contributed by atoms with Crippen molar-refractivity contribution < 1.29 is 0 Å². The summed E-state index contributed by atoms with van der Waals surface area (Å²) in [6, 6.07) is 0.560. The summed E-state index contributed by atoms with van der Waals surface area (Å²) in [5.41, 5.74) is 6.09. The van der Waals surface area contributed by atoms with Gasteiger partial charge in [-0.15, -0.1) is 0 Å². The van der Waals surface area contributed by atoms with Gasteiger partial charge in [0.2, 0.25) is 0 Å². The molecule has 2 N–H and O–H groups in total. The second-order valence-electron chi connectivity index (χ2n) is 6.08. The van der Waals surface area contributed by atoms with Gasteiger partial charge in [0.1, 0.15) is 0 Å². The maximum Gasteiger partial charge on any atom is 0.0743 e. The van der Waals surface area contributed by atoms with Crippen LogP contribution in [0.5, 0.6) is 0 Å². The highest BCUT2D eigenvalue weighted by molar-refractivity contribution is 7.80. The van der Waals surface area contributed by atoms with Gasteiger partial charge in [-0.05, 0) is 30.7 Å². The lowest BCUT2D eigenvalue weighted by molar-refractivity contribution is 0.194. The molecule has 1 fully saturated rings. The van der Waals surface area contributed by atoms with Gasteiger partial charge in [-0.3, -0.25) is 4.90 Å². The second kappa shape index (κ2) is 5.46. The Morgan fingerprint density at radius 2 is 2.12 bits per heavy atom. The van der Waals surface area contributed by atoms with Crippen molar-refractivity contribution >= 4 is 17.2 Å². The summed E-state index contributed by atoms with van der Waals surface area (Å²) in [6.07, 6.45) is 3.34. The molecule has 0 bridgehead atoms. The van der Waals surface area contributed by atoms with Gasteiger partial charge in [0, 0.05) is 19.0 Å². The molecule has 1 saturated heterocycles. The van der Waals surface area contributed by atoms with Crippen LogP contribution in [-0.2, 0) is 0 Å². The minimum atomic E-state index is 0.427. The minimum Gasteiger partial charge on any atom is -0.393 e. The first kappa shape index (κ1) is 13.9. The van der Waals surface area contributed by atoms with Gasteiger partial charge in [-0.2, -0.15) is 0 Å². The summed E-state index contributed by atoms with van der Waals surface area (Å²) < 4.78 is 0. The zero-order valence-electron chi connectivity index (χ0n) is 11.1. The standard InChI is InChI=1S/C13H26N2S/c1-5-11(8-12(14)16)15-7-6-10(9-15)13(2,3)4/h10-11H,5-9H2,1-4H3,(H2,14,16). The molecule has 94 valence electrons. The fourth-order valence-corrected chi connectivity index (χ4v) is 2.78. The van der Waals surface area contributed by atoms with E-state index in [9.17, 15) is 0 Å². The Labute approximate surface area is 106 Å². The first-order chi connectivity index (χ1) is 7.34. The predicted octanol–water partition coefficient (Wildman–Crippen LogP) is 2.81. The van der Waals surface area contributed by atoms with Crippen molar-refractivity contribution in [2.24, 2.45) is 17.1 Å². The van der Waals surface area contributed by atoms with Crippen molar-refractivity contribution in [3.8, 4) is 0 Å². The van der Waals surface area contributed by atoms with Gasteiger partial charge >= 0.3 is 0 Å². The monoisotopic (exact) mass is 242 g/mol. The molecule has 1 aliphatic rings. The van der Waals surface area contributed by atoms with Crippen molar-refractivity contribution in [3.05, 3.63) is 0 Å². The fourth-order valence-electron chi connectivity index (χ4n) is 2.59. The van der Waals surface area contributed by atoms with Crippen LogP contribution in [-0.4, -0.2) is 29.0 Å². The maximum absolute atomic E-state index is 5.66. The van der Waals surface area contributed by atoms with Crippen LogP contribution in [0.25, 0.3) is 0 Å². The van der Waals surface area contributed by atoms with E-state index in [2.05, 4.69) is 32.6 Å². The lowest BCUT2D eigenvalue weighted by Gasteiger charge is -2.30. The van der Waals surface area contributed by atoms with Gasteiger partial charge < -0.3 is 5.73 Å². The smallest absolute Gasteiger partial charge is 0.0743 e. The Kier molecular flexibility index (Phi) is 4.74. The number of likely N-dealkylation sites (tertiary alicyclic amines) is 1. The van der Waals surface area contributed by atoms with Crippen LogP contribution >= 0.6 is 12.2 Å². The highest BCUT2D eigenvalue weighted by Crippen LogP contribution is 2.34. The van der Waals surface area contributed by atoms with Crippen LogP contribution in [0.15, 0.2) is 0 Å². The zero-order valence-corrected chi connectivity index (χ0v) is 11.9. The number of nitrogens with two attached hydrogens (primary N) is 1. The van der Waals surface area contributed by atoms with E-state index >= 15 is 0 Å². The minimum absolute atomic E-state index is 0.427. The van der Waals surface area contributed by atoms with Gasteiger partial charge in [-0.1, -0.05) is 39.9 Å². The van der Waals surface area contributed by atoms with Crippen molar-refractivity contribution in [2.75, 3.05) is 13.1 Å². The van der Waals surface area contributed by atoms with Crippen LogP contribution < -0.4 is 5.73 Å². The normalized spacial score (nSPS) is 24.6. The van der Waals surface area contributed by atoms with E-state index in [1.165, 1.54) is 19.5 Å². The van der Waals surface area contributed by atoms with E-state index in [4.69, 9.17) is 18.0 Å². The third-order valence-corrected chi connectivity index (χ3v) is 4.04. The zero-order chi connectivity index (χ0) is 12.3. The molecule has 0 amide bonds. The van der Waals surface area contributed by atoms with Crippen molar-refractivity contribution in [1.82, 2.24) is 4.90 Å². The Bertz CT molecular complexity index is 245. The van der Waals surface area contributed by atoms with Crippen LogP contribution in [0.4, 0.5) is 0 Å². The van der Waals surface area contributed by atoms with Crippen molar-refractivity contribution in [1.29, 1.82) is 0 Å². The number of hydrogen-bond donors (Lipinski definition) is 1. The van der Waals surface area contributed by atoms with E-state index in [0.29, 0.717) is 16.4 Å². The van der Waals surface area contributed by atoms with Crippen molar-refractivity contribution in [2.45, 2.75) is 53.0 Å². The predicted molar refractivity (Wildman–Crippen MR) is 74.6 cm³/mol. The van der Waals surface area contributed by atoms with Crippen LogP contribution in [0.3, 0.4) is 0 Å². The number of thiocarbonyl (C=S) groups is 1. The third-order valence-electron chi connectivity index (χ3n) is 3.87. The summed E-state index contributed by atoms with van der Waals surface area (Å²) in [4.78, 5) is 3.24. The average molecular weight is 242 g/mol. The lowest BCUT2D eigenvalue weighted by atomic mass is 9.80. The molecule has 1 aliphatic heterocycles. The average Bonchev–Trinajstić information content (AvgIpc) is 2.61. The Morgan fingerprint density at radius 3 is 2.50 bits per heavy atom. The molecule has 2 atom stereocenters. The van der Waals surface area contributed by atoms with Crippen LogP contribution in [0.2, 0.25) is 0 Å². The summed E-state index contributed by atoms with van der Waals surface area (Å²) in [6.45, 7) is 11.7. The summed E-state index contributed by atoms with van der Waals surface area (Å²) >= 11 is 5.03. The SMILES string of the molecule is CCC(CC(N)=S)N1CCC(C(C)(C)C)C1. The van der Waals surface area contributed by atoms with Crippen molar-refractivity contribution in [3.63, 3.8) is 0 Å². The third kappa shape index (κ3) is 3.70. The highest BCUT2D eigenvalue weighted by atomic mass is 32.1. The molecule has 16 heavy (non-hydrogen) atoms. The molecule has 0 aromatic carbocycles. The first-order valence-electron chi connectivity index (χ1n) is 6.37. The molecular weight excluding hydrogens is 216 g/mol. The van der Waals surface area contributed by atoms with E-state index < -0.39 is 0 Å². The van der Waals surface area contributed by atoms with Gasteiger partial charge in [0.05, 0.1) is 4.99 Å². The largest absolute Gasteiger partial charge is 0.393 e. The molecule has 0 aliphatic carbocycles. The second-order valence-corrected chi connectivity index (χ2v) is 6.60. The quantitative estimate of drug-likeness (QED) is 0.769. The molecule has 2 unspecified atom stereocenters. The molecule has 3 heteroatoms.